The highest BCUT2D eigenvalue weighted by atomic mass is 32.2. The molecule has 2 aliphatic carbocycles. The lowest BCUT2D eigenvalue weighted by molar-refractivity contribution is -0.137. The van der Waals surface area contributed by atoms with Gasteiger partial charge in [-0.1, -0.05) is 84.9 Å². The van der Waals surface area contributed by atoms with Crippen molar-refractivity contribution in [3.63, 3.8) is 0 Å². The zero-order valence-corrected chi connectivity index (χ0v) is 31.0. The van der Waals surface area contributed by atoms with E-state index < -0.39 is 27.5 Å². The average Bonchev–Trinajstić information content (AvgIpc) is 3.78. The highest BCUT2D eigenvalue weighted by Crippen LogP contribution is 2.50. The predicted molar refractivity (Wildman–Crippen MR) is 210 cm³/mol. The van der Waals surface area contributed by atoms with E-state index in [1.807, 2.05) is 24.3 Å². The first-order valence-electron chi connectivity index (χ1n) is 18.6. The number of primary amides is 1. The number of hydrogen-bond acceptors (Lipinski definition) is 5. The second-order valence-corrected chi connectivity index (χ2v) is 16.7. The van der Waals surface area contributed by atoms with E-state index in [0.29, 0.717) is 36.4 Å². The first-order chi connectivity index (χ1) is 27.0. The van der Waals surface area contributed by atoms with E-state index in [9.17, 15) is 13.2 Å². The summed E-state index contributed by atoms with van der Waals surface area (Å²) in [6.07, 6.45) is -2.36. The van der Waals surface area contributed by atoms with Crippen molar-refractivity contribution in [1.82, 2.24) is 0 Å². The van der Waals surface area contributed by atoms with Crippen molar-refractivity contribution in [3.8, 4) is 33.4 Å². The highest BCUT2D eigenvalue weighted by Gasteiger charge is 2.38. The summed E-state index contributed by atoms with van der Waals surface area (Å²) in [5.74, 6) is -0.819. The molecule has 10 heteroatoms. The molecule has 56 heavy (non-hydrogen) atoms. The largest absolute Gasteiger partial charge is 0.417 e. The lowest BCUT2D eigenvalue weighted by atomic mass is 9.88. The van der Waals surface area contributed by atoms with Gasteiger partial charge in [-0.25, -0.2) is 8.42 Å². The maximum absolute atomic E-state index is 15.1. The molecule has 1 heterocycles. The van der Waals surface area contributed by atoms with Gasteiger partial charge in [-0.05, 0) is 118 Å². The first-order valence-corrected chi connectivity index (χ1v) is 20.1. The van der Waals surface area contributed by atoms with Crippen LogP contribution in [0.4, 0.5) is 18.9 Å². The van der Waals surface area contributed by atoms with Gasteiger partial charge in [0.25, 0.3) is 0 Å². The number of nitrogens with two attached hydrogens (primary N) is 1. The molecule has 9 rings (SSSR count). The molecule has 3 N–H and O–H groups in total. The number of rotatable bonds is 8. The number of carbonyl (C=O) groups is 1. The summed E-state index contributed by atoms with van der Waals surface area (Å²) in [5.41, 5.74) is 14.0. The maximum atomic E-state index is 15.1. The lowest BCUT2D eigenvalue weighted by Crippen LogP contribution is -2.26. The van der Waals surface area contributed by atoms with Crippen molar-refractivity contribution >= 4 is 21.4 Å². The van der Waals surface area contributed by atoms with Crippen LogP contribution in [0.3, 0.4) is 0 Å². The van der Waals surface area contributed by atoms with E-state index in [2.05, 4.69) is 47.8 Å². The molecule has 0 spiro atoms. The van der Waals surface area contributed by atoms with Crippen molar-refractivity contribution in [3.05, 3.63) is 160 Å². The number of nitrogens with one attached hydrogen (secondary N) is 1. The van der Waals surface area contributed by atoms with Crippen LogP contribution in [0, 0.1) is 5.92 Å². The van der Waals surface area contributed by atoms with Crippen molar-refractivity contribution in [2.45, 2.75) is 47.8 Å². The standard InChI is InChI=1S/C46H37F3N2O4S/c47-46(48,49)40-18-17-34-32-11-4-2-9-29(32)24-38(34)44(40)39-25-30(56(53,54)43-15-6-5-12-36(43)45(50)52)16-19-41(39)51-26-27-20-21-55-42(22-27)35-14-7-13-33-31-10-3-1-8-28(31)23-37(33)35/h1-19,25,27,42,51H,20-24,26H2,(H2,50,52). The fourth-order valence-corrected chi connectivity index (χ4v) is 10.3. The molecule has 0 bridgehead atoms. The van der Waals surface area contributed by atoms with Crippen molar-refractivity contribution < 1.29 is 31.1 Å². The third-order valence-electron chi connectivity index (χ3n) is 11.5. The second-order valence-electron chi connectivity index (χ2n) is 14.8. The van der Waals surface area contributed by atoms with Crippen LogP contribution in [0.1, 0.15) is 62.7 Å². The normalized spacial score (nSPS) is 17.1. The van der Waals surface area contributed by atoms with Gasteiger partial charge in [0.05, 0.1) is 27.0 Å². The third kappa shape index (κ3) is 6.17. The van der Waals surface area contributed by atoms with Crippen LogP contribution in [-0.4, -0.2) is 27.5 Å². The molecular weight excluding hydrogens is 734 g/mol. The van der Waals surface area contributed by atoms with Gasteiger partial charge >= 0.3 is 6.18 Å². The molecule has 1 amide bonds. The molecular formula is C46H37F3N2O4S. The summed E-state index contributed by atoms with van der Waals surface area (Å²) < 4.78 is 80.0. The van der Waals surface area contributed by atoms with Gasteiger partial charge in [0.2, 0.25) is 15.7 Å². The van der Waals surface area contributed by atoms with Crippen molar-refractivity contribution in [1.29, 1.82) is 0 Å². The Morgan fingerprint density at radius 1 is 0.750 bits per heavy atom. The smallest absolute Gasteiger partial charge is 0.384 e. The summed E-state index contributed by atoms with van der Waals surface area (Å²) in [7, 11) is -4.40. The van der Waals surface area contributed by atoms with Crippen LogP contribution in [0.25, 0.3) is 33.4 Å². The SMILES string of the molecule is NC(=O)c1ccccc1S(=O)(=O)c1ccc(NCC2CCOC(c3cccc4c3Cc3ccccc3-4)C2)c(-c2c(C(F)(F)F)ccc3c2Cc2ccccc2-3)c1. The Balaban J connectivity index is 1.11. The molecule has 3 aliphatic rings. The van der Waals surface area contributed by atoms with Gasteiger partial charge in [0, 0.05) is 30.0 Å². The number of halogens is 3. The van der Waals surface area contributed by atoms with Crippen molar-refractivity contribution in [2.75, 3.05) is 18.5 Å². The van der Waals surface area contributed by atoms with E-state index in [0.717, 1.165) is 35.6 Å². The van der Waals surface area contributed by atoms with Crippen LogP contribution in [0.5, 0.6) is 0 Å². The third-order valence-corrected chi connectivity index (χ3v) is 13.3. The average molecular weight is 771 g/mol. The Hall–Kier alpha value is -5.71. The van der Waals surface area contributed by atoms with Gasteiger partial charge in [-0.3, -0.25) is 4.79 Å². The number of hydrogen-bond donors (Lipinski definition) is 2. The fraction of sp³-hybridized carbons (Fsp3) is 0.196. The molecule has 0 aromatic heterocycles. The minimum absolute atomic E-state index is 0.0711. The molecule has 6 aromatic rings. The van der Waals surface area contributed by atoms with Crippen LogP contribution in [0.2, 0.25) is 0 Å². The van der Waals surface area contributed by atoms with Gasteiger partial charge in [-0.2, -0.15) is 13.2 Å². The highest BCUT2D eigenvalue weighted by molar-refractivity contribution is 7.91. The summed E-state index contributed by atoms with van der Waals surface area (Å²) >= 11 is 0. The molecule has 1 aliphatic heterocycles. The number of fused-ring (bicyclic) bond motifs is 6. The van der Waals surface area contributed by atoms with Crippen LogP contribution in [0.15, 0.2) is 131 Å². The number of carbonyl (C=O) groups excluding carboxylic acids is 1. The van der Waals surface area contributed by atoms with Crippen LogP contribution in [-0.2, 0) is 33.6 Å². The van der Waals surface area contributed by atoms with E-state index >= 15 is 13.2 Å². The Morgan fingerprint density at radius 2 is 1.41 bits per heavy atom. The lowest BCUT2D eigenvalue weighted by Gasteiger charge is -2.32. The van der Waals surface area contributed by atoms with E-state index in [1.165, 1.54) is 70.8 Å². The maximum Gasteiger partial charge on any atom is 0.417 e. The van der Waals surface area contributed by atoms with Gasteiger partial charge in [0.1, 0.15) is 0 Å². The number of alkyl halides is 3. The summed E-state index contributed by atoms with van der Waals surface area (Å²) in [4.78, 5) is 11.7. The minimum atomic E-state index is -4.74. The topological polar surface area (TPSA) is 98.5 Å². The van der Waals surface area contributed by atoms with E-state index in [4.69, 9.17) is 10.5 Å². The molecule has 282 valence electrons. The summed E-state index contributed by atoms with van der Waals surface area (Å²) in [5, 5.41) is 3.47. The van der Waals surface area contributed by atoms with Gasteiger partial charge in [0.15, 0.2) is 0 Å². The molecule has 6 aromatic carbocycles. The molecule has 2 atom stereocenters. The zero-order chi connectivity index (χ0) is 38.8. The molecule has 6 nitrogen and oxygen atoms in total. The van der Waals surface area contributed by atoms with Crippen LogP contribution < -0.4 is 11.1 Å². The second kappa shape index (κ2) is 13.8. The zero-order valence-electron chi connectivity index (χ0n) is 30.2. The summed E-state index contributed by atoms with van der Waals surface area (Å²) in [6, 6.07) is 34.6. The molecule has 1 saturated heterocycles. The monoisotopic (exact) mass is 770 g/mol. The van der Waals surface area contributed by atoms with E-state index in [-0.39, 0.29) is 44.9 Å². The Labute approximate surface area is 323 Å². The van der Waals surface area contributed by atoms with Crippen molar-refractivity contribution in [2.24, 2.45) is 11.7 Å². The predicted octanol–water partition coefficient (Wildman–Crippen LogP) is 10.0. The quantitative estimate of drug-likeness (QED) is 0.160. The molecule has 1 fully saturated rings. The number of sulfone groups is 1. The molecule has 0 radical (unpaired) electrons. The fourth-order valence-electron chi connectivity index (χ4n) is 8.84. The Morgan fingerprint density at radius 3 is 2.14 bits per heavy atom. The summed E-state index contributed by atoms with van der Waals surface area (Å²) in [6.45, 7) is 0.953. The van der Waals surface area contributed by atoms with E-state index in [1.54, 1.807) is 0 Å². The Kier molecular flexibility index (Phi) is 8.86. The number of ether oxygens (including phenoxy) is 1. The number of benzene rings is 6. The molecule has 2 unspecified atom stereocenters. The minimum Gasteiger partial charge on any atom is -0.384 e. The van der Waals surface area contributed by atoms with Crippen LogP contribution >= 0.6 is 0 Å². The number of anilines is 1. The molecule has 0 saturated carbocycles. The van der Waals surface area contributed by atoms with Gasteiger partial charge < -0.3 is 15.8 Å². The first kappa shape index (κ1) is 36.0. The number of amides is 1. The Bertz CT molecular complexity index is 2670. The van der Waals surface area contributed by atoms with Gasteiger partial charge in [-0.15, -0.1) is 0 Å².